The molecule has 7 nitrogen and oxygen atoms in total. The number of benzene rings is 1. The van der Waals surface area contributed by atoms with E-state index in [1.165, 1.54) is 34.8 Å². The highest BCUT2D eigenvalue weighted by Crippen LogP contribution is 2.21. The number of carbonyl (C=O) groups is 1. The van der Waals surface area contributed by atoms with E-state index >= 15 is 0 Å². The lowest BCUT2D eigenvalue weighted by molar-refractivity contribution is -0.113. The highest BCUT2D eigenvalue weighted by atomic mass is 32.2. The van der Waals surface area contributed by atoms with Crippen molar-refractivity contribution >= 4 is 33.4 Å². The van der Waals surface area contributed by atoms with Gasteiger partial charge in [-0.3, -0.25) is 4.79 Å². The summed E-state index contributed by atoms with van der Waals surface area (Å²) in [6, 6.07) is 8.66. The average Bonchev–Trinajstić information content (AvgIpc) is 2.67. The Bertz CT molecular complexity index is 901. The van der Waals surface area contributed by atoms with Crippen molar-refractivity contribution in [2.75, 3.05) is 37.4 Å². The number of nitrogens with one attached hydrogen (secondary N) is 1. The first kappa shape index (κ1) is 19.7. The molecule has 1 aliphatic rings. The quantitative estimate of drug-likeness (QED) is 0.731. The molecule has 0 saturated carbocycles. The van der Waals surface area contributed by atoms with E-state index in [-0.39, 0.29) is 16.6 Å². The molecule has 0 unspecified atom stereocenters. The second kappa shape index (κ2) is 8.79. The summed E-state index contributed by atoms with van der Waals surface area (Å²) in [5.74, 6) is -0.671. The molecule has 0 spiro atoms. The van der Waals surface area contributed by atoms with Crippen LogP contribution < -0.4 is 5.32 Å². The summed E-state index contributed by atoms with van der Waals surface area (Å²) < 4.78 is 44.7. The first-order valence-corrected chi connectivity index (χ1v) is 10.6. The molecule has 1 saturated heterocycles. The van der Waals surface area contributed by atoms with Crippen LogP contribution >= 0.6 is 11.8 Å². The fourth-order valence-electron chi connectivity index (χ4n) is 2.44. The maximum absolute atomic E-state index is 13.1. The van der Waals surface area contributed by atoms with E-state index in [9.17, 15) is 17.6 Å². The molecule has 1 aromatic carbocycles. The predicted octanol–water partition coefficient (Wildman–Crippen LogP) is 1.97. The molecule has 1 fully saturated rings. The Hall–Kier alpha value is -2.01. The number of sulfonamides is 1. The minimum Gasteiger partial charge on any atom is -0.379 e. The number of hydrogen-bond donors (Lipinski definition) is 1. The van der Waals surface area contributed by atoms with Crippen LogP contribution in [0, 0.1) is 5.82 Å². The summed E-state index contributed by atoms with van der Waals surface area (Å²) in [4.78, 5) is 16.2. The maximum atomic E-state index is 13.1. The molecule has 3 rings (SSSR count). The third kappa shape index (κ3) is 5.25. The van der Waals surface area contributed by atoms with Crippen molar-refractivity contribution in [3.8, 4) is 0 Å². The predicted molar refractivity (Wildman–Crippen MR) is 99.6 cm³/mol. The van der Waals surface area contributed by atoms with Crippen LogP contribution in [0.2, 0.25) is 0 Å². The van der Waals surface area contributed by atoms with Crippen molar-refractivity contribution in [1.29, 1.82) is 0 Å². The van der Waals surface area contributed by atoms with Gasteiger partial charge in [-0.05, 0) is 30.3 Å². The third-order valence-corrected chi connectivity index (χ3v) is 6.60. The van der Waals surface area contributed by atoms with Gasteiger partial charge in [-0.1, -0.05) is 17.8 Å². The molecule has 1 N–H and O–H groups in total. The van der Waals surface area contributed by atoms with Gasteiger partial charge in [-0.15, -0.1) is 0 Å². The average molecular weight is 411 g/mol. The molecule has 0 aliphatic carbocycles. The van der Waals surface area contributed by atoms with Gasteiger partial charge in [0.15, 0.2) is 0 Å². The SMILES string of the molecule is O=C(CSc1ccc(S(=O)(=O)N2CCOCC2)cn1)Nc1cccc(F)c1. The first-order valence-electron chi connectivity index (χ1n) is 8.17. The number of hydrogen-bond acceptors (Lipinski definition) is 6. The number of halogens is 1. The summed E-state index contributed by atoms with van der Waals surface area (Å²) >= 11 is 1.16. The van der Waals surface area contributed by atoms with Crippen molar-refractivity contribution in [1.82, 2.24) is 9.29 Å². The number of nitrogens with zero attached hydrogens (tertiary/aromatic N) is 2. The number of thioether (sulfide) groups is 1. The normalized spacial score (nSPS) is 15.4. The van der Waals surface area contributed by atoms with Crippen LogP contribution in [0.15, 0.2) is 52.5 Å². The number of pyridine rings is 1. The van der Waals surface area contributed by atoms with E-state index in [0.29, 0.717) is 37.0 Å². The molecule has 1 amide bonds. The van der Waals surface area contributed by atoms with Gasteiger partial charge in [0.25, 0.3) is 0 Å². The number of anilines is 1. The van der Waals surface area contributed by atoms with Crippen molar-refractivity contribution in [2.45, 2.75) is 9.92 Å². The summed E-state index contributed by atoms with van der Waals surface area (Å²) in [5, 5.41) is 3.11. The van der Waals surface area contributed by atoms with E-state index in [0.717, 1.165) is 11.8 Å². The maximum Gasteiger partial charge on any atom is 0.244 e. The number of aromatic nitrogens is 1. The summed E-state index contributed by atoms with van der Waals surface area (Å²) in [6.07, 6.45) is 1.29. The van der Waals surface area contributed by atoms with Gasteiger partial charge in [-0.2, -0.15) is 4.31 Å². The molecule has 2 heterocycles. The van der Waals surface area contributed by atoms with Gasteiger partial charge in [0, 0.05) is 25.0 Å². The van der Waals surface area contributed by atoms with E-state index in [1.54, 1.807) is 12.1 Å². The second-order valence-electron chi connectivity index (χ2n) is 5.70. The standard InChI is InChI=1S/C17H18FN3O4S2/c18-13-2-1-3-14(10-13)20-16(22)12-26-17-5-4-15(11-19-17)27(23,24)21-6-8-25-9-7-21/h1-5,10-11H,6-9,12H2,(H,20,22). The lowest BCUT2D eigenvalue weighted by atomic mass is 10.3. The van der Waals surface area contributed by atoms with E-state index < -0.39 is 15.8 Å². The van der Waals surface area contributed by atoms with Gasteiger partial charge >= 0.3 is 0 Å². The van der Waals surface area contributed by atoms with Crippen LogP contribution in [0.5, 0.6) is 0 Å². The zero-order valence-electron chi connectivity index (χ0n) is 14.3. The molecular formula is C17H18FN3O4S2. The van der Waals surface area contributed by atoms with Gasteiger partial charge in [0.2, 0.25) is 15.9 Å². The zero-order chi connectivity index (χ0) is 19.3. The minimum atomic E-state index is -3.59. The molecule has 144 valence electrons. The van der Waals surface area contributed by atoms with E-state index in [1.807, 2.05) is 0 Å². The molecule has 1 aliphatic heterocycles. The molecule has 0 bridgehead atoms. The Morgan fingerprint density at radius 1 is 1.26 bits per heavy atom. The van der Waals surface area contributed by atoms with Crippen LogP contribution in [0.1, 0.15) is 0 Å². The molecule has 10 heteroatoms. The molecule has 27 heavy (non-hydrogen) atoms. The lowest BCUT2D eigenvalue weighted by Gasteiger charge is -2.25. The van der Waals surface area contributed by atoms with Crippen molar-refractivity contribution in [3.63, 3.8) is 0 Å². The van der Waals surface area contributed by atoms with Crippen molar-refractivity contribution < 1.29 is 22.3 Å². The Morgan fingerprint density at radius 3 is 2.70 bits per heavy atom. The minimum absolute atomic E-state index is 0.0685. The smallest absolute Gasteiger partial charge is 0.244 e. The number of ether oxygens (including phenoxy) is 1. The molecule has 0 atom stereocenters. The number of morpholine rings is 1. The molecule has 0 radical (unpaired) electrons. The third-order valence-electron chi connectivity index (χ3n) is 3.78. The highest BCUT2D eigenvalue weighted by molar-refractivity contribution is 7.99. The van der Waals surface area contributed by atoms with Crippen LogP contribution in [0.25, 0.3) is 0 Å². The largest absolute Gasteiger partial charge is 0.379 e. The van der Waals surface area contributed by atoms with Crippen molar-refractivity contribution in [2.24, 2.45) is 0 Å². The Morgan fingerprint density at radius 2 is 2.04 bits per heavy atom. The molecular weight excluding hydrogens is 393 g/mol. The monoisotopic (exact) mass is 411 g/mol. The van der Waals surface area contributed by atoms with E-state index in [2.05, 4.69) is 10.3 Å². The summed E-state index contributed by atoms with van der Waals surface area (Å²) in [6.45, 7) is 1.39. The van der Waals surface area contributed by atoms with Gasteiger partial charge < -0.3 is 10.1 Å². The Labute approximate surface area is 161 Å². The zero-order valence-corrected chi connectivity index (χ0v) is 15.9. The Kier molecular flexibility index (Phi) is 6.42. The van der Waals surface area contributed by atoms with E-state index in [4.69, 9.17) is 4.74 Å². The van der Waals surface area contributed by atoms with Gasteiger partial charge in [-0.25, -0.2) is 17.8 Å². The van der Waals surface area contributed by atoms with Gasteiger partial charge in [0.1, 0.15) is 10.7 Å². The van der Waals surface area contributed by atoms with Gasteiger partial charge in [0.05, 0.1) is 24.0 Å². The number of amides is 1. The topological polar surface area (TPSA) is 88.6 Å². The molecule has 2 aromatic rings. The molecule has 1 aromatic heterocycles. The van der Waals surface area contributed by atoms with Crippen LogP contribution in [-0.4, -0.2) is 55.7 Å². The first-order chi connectivity index (χ1) is 12.9. The lowest BCUT2D eigenvalue weighted by Crippen LogP contribution is -2.40. The van der Waals surface area contributed by atoms with Crippen LogP contribution in [0.3, 0.4) is 0 Å². The fourth-order valence-corrected chi connectivity index (χ4v) is 4.44. The summed E-state index contributed by atoms with van der Waals surface area (Å²) in [5.41, 5.74) is 0.375. The number of carbonyl (C=O) groups excluding carboxylic acids is 1. The second-order valence-corrected chi connectivity index (χ2v) is 8.63. The summed E-state index contributed by atoms with van der Waals surface area (Å²) in [7, 11) is -3.59. The van der Waals surface area contributed by atoms with Crippen LogP contribution in [0.4, 0.5) is 10.1 Å². The fraction of sp³-hybridized carbons (Fsp3) is 0.294. The number of rotatable bonds is 6. The van der Waals surface area contributed by atoms with Crippen molar-refractivity contribution in [3.05, 3.63) is 48.4 Å². The van der Waals surface area contributed by atoms with Crippen LogP contribution in [-0.2, 0) is 19.6 Å². The highest BCUT2D eigenvalue weighted by Gasteiger charge is 2.26. The Balaban J connectivity index is 1.56.